The summed E-state index contributed by atoms with van der Waals surface area (Å²) in [6, 6.07) is 5.30. The summed E-state index contributed by atoms with van der Waals surface area (Å²) in [5.41, 5.74) is 0.930. The standard InChI is InChI=1S/C12H15BrFN/c1-3-4-5-9(2)15-10-6-7-12(14)11(13)8-10/h3,6-9,15H,1,4-5H2,2H3. The SMILES string of the molecule is C=CCCC(C)Nc1ccc(F)c(Br)c1. The van der Waals surface area contributed by atoms with Crippen LogP contribution in [0, 0.1) is 5.82 Å². The number of hydrogen-bond acceptors (Lipinski definition) is 1. The fourth-order valence-electron chi connectivity index (χ4n) is 1.31. The summed E-state index contributed by atoms with van der Waals surface area (Å²) < 4.78 is 13.4. The molecule has 0 aliphatic heterocycles. The highest BCUT2D eigenvalue weighted by molar-refractivity contribution is 9.10. The number of benzene rings is 1. The lowest BCUT2D eigenvalue weighted by atomic mass is 10.1. The van der Waals surface area contributed by atoms with Crippen LogP contribution in [0.2, 0.25) is 0 Å². The van der Waals surface area contributed by atoms with Crippen LogP contribution in [0.3, 0.4) is 0 Å². The van der Waals surface area contributed by atoms with E-state index in [4.69, 9.17) is 0 Å². The molecule has 0 spiro atoms. The molecule has 15 heavy (non-hydrogen) atoms. The third kappa shape index (κ3) is 4.04. The van der Waals surface area contributed by atoms with Gasteiger partial charge in [0.1, 0.15) is 5.82 Å². The van der Waals surface area contributed by atoms with Crippen LogP contribution in [0.1, 0.15) is 19.8 Å². The molecule has 1 nitrogen and oxygen atoms in total. The number of hydrogen-bond donors (Lipinski definition) is 1. The number of nitrogens with one attached hydrogen (secondary N) is 1. The number of allylic oxidation sites excluding steroid dienone is 1. The van der Waals surface area contributed by atoms with Gasteiger partial charge in [-0.3, -0.25) is 0 Å². The molecule has 0 aliphatic rings. The van der Waals surface area contributed by atoms with Crippen molar-refractivity contribution in [2.24, 2.45) is 0 Å². The van der Waals surface area contributed by atoms with Crippen molar-refractivity contribution in [3.05, 3.63) is 41.1 Å². The summed E-state index contributed by atoms with van der Waals surface area (Å²) in [6.45, 7) is 5.78. The molecule has 1 aromatic carbocycles. The smallest absolute Gasteiger partial charge is 0.137 e. The van der Waals surface area contributed by atoms with E-state index in [0.29, 0.717) is 10.5 Å². The van der Waals surface area contributed by atoms with Crippen molar-refractivity contribution < 1.29 is 4.39 Å². The molecule has 0 amide bonds. The molecule has 0 heterocycles. The second-order valence-corrected chi connectivity index (χ2v) is 4.39. The molecule has 0 saturated heterocycles. The van der Waals surface area contributed by atoms with Gasteiger partial charge in [-0.05, 0) is 53.9 Å². The third-order valence-corrected chi connectivity index (χ3v) is 2.74. The first-order chi connectivity index (χ1) is 7.13. The lowest BCUT2D eigenvalue weighted by Crippen LogP contribution is -2.14. The molecule has 1 N–H and O–H groups in total. The Labute approximate surface area is 98.5 Å². The maximum atomic E-state index is 13.0. The van der Waals surface area contributed by atoms with Crippen molar-refractivity contribution in [2.75, 3.05) is 5.32 Å². The minimum absolute atomic E-state index is 0.237. The van der Waals surface area contributed by atoms with Crippen molar-refractivity contribution >= 4 is 21.6 Å². The van der Waals surface area contributed by atoms with Crippen molar-refractivity contribution in [3.8, 4) is 0 Å². The second kappa shape index (κ2) is 5.91. The Kier molecular flexibility index (Phi) is 4.82. The maximum Gasteiger partial charge on any atom is 0.137 e. The molecule has 0 aromatic heterocycles. The van der Waals surface area contributed by atoms with Gasteiger partial charge < -0.3 is 5.32 Å². The molecule has 1 aromatic rings. The van der Waals surface area contributed by atoms with Crippen LogP contribution in [0.5, 0.6) is 0 Å². The molecule has 0 radical (unpaired) electrons. The van der Waals surface area contributed by atoms with E-state index in [1.54, 1.807) is 12.1 Å². The lowest BCUT2D eigenvalue weighted by Gasteiger charge is -2.14. The Morgan fingerprint density at radius 2 is 2.33 bits per heavy atom. The van der Waals surface area contributed by atoms with Crippen molar-refractivity contribution in [2.45, 2.75) is 25.8 Å². The first-order valence-electron chi connectivity index (χ1n) is 4.96. The van der Waals surface area contributed by atoms with Crippen LogP contribution in [0.25, 0.3) is 0 Å². The van der Waals surface area contributed by atoms with E-state index in [2.05, 4.69) is 34.7 Å². The molecular weight excluding hydrogens is 257 g/mol. The first kappa shape index (κ1) is 12.2. The van der Waals surface area contributed by atoms with Gasteiger partial charge in [0.25, 0.3) is 0 Å². The maximum absolute atomic E-state index is 13.0. The highest BCUT2D eigenvalue weighted by Crippen LogP contribution is 2.20. The van der Waals surface area contributed by atoms with Gasteiger partial charge in [0.15, 0.2) is 0 Å². The van der Waals surface area contributed by atoms with Gasteiger partial charge in [-0.25, -0.2) is 4.39 Å². The zero-order valence-electron chi connectivity index (χ0n) is 8.76. The molecule has 1 rings (SSSR count). The van der Waals surface area contributed by atoms with Crippen LogP contribution in [0.4, 0.5) is 10.1 Å². The van der Waals surface area contributed by atoms with E-state index in [0.717, 1.165) is 18.5 Å². The van der Waals surface area contributed by atoms with E-state index in [9.17, 15) is 4.39 Å². The fraction of sp³-hybridized carbons (Fsp3) is 0.333. The van der Waals surface area contributed by atoms with E-state index in [-0.39, 0.29) is 5.82 Å². The van der Waals surface area contributed by atoms with Crippen LogP contribution >= 0.6 is 15.9 Å². The molecule has 0 saturated carbocycles. The molecular formula is C12H15BrFN. The number of halogens is 2. The highest BCUT2D eigenvalue weighted by atomic mass is 79.9. The fourth-order valence-corrected chi connectivity index (χ4v) is 1.69. The summed E-state index contributed by atoms with van der Waals surface area (Å²) in [5, 5.41) is 3.30. The minimum atomic E-state index is -0.237. The van der Waals surface area contributed by atoms with Gasteiger partial charge in [0.05, 0.1) is 4.47 Å². The number of anilines is 1. The third-order valence-electron chi connectivity index (χ3n) is 2.14. The van der Waals surface area contributed by atoms with Gasteiger partial charge in [-0.1, -0.05) is 6.08 Å². The normalized spacial score (nSPS) is 12.2. The average molecular weight is 272 g/mol. The first-order valence-corrected chi connectivity index (χ1v) is 5.75. The highest BCUT2D eigenvalue weighted by Gasteiger charge is 2.03. The largest absolute Gasteiger partial charge is 0.383 e. The predicted octanol–water partition coefficient (Wildman–Crippen LogP) is 4.35. The summed E-state index contributed by atoms with van der Waals surface area (Å²) in [6.07, 6.45) is 3.91. The summed E-state index contributed by atoms with van der Waals surface area (Å²) in [4.78, 5) is 0. The van der Waals surface area contributed by atoms with Crippen molar-refractivity contribution in [3.63, 3.8) is 0 Å². The Morgan fingerprint density at radius 3 is 2.93 bits per heavy atom. The summed E-state index contributed by atoms with van der Waals surface area (Å²) in [7, 11) is 0. The van der Waals surface area contributed by atoms with E-state index >= 15 is 0 Å². The Morgan fingerprint density at radius 1 is 1.60 bits per heavy atom. The average Bonchev–Trinajstić information content (AvgIpc) is 2.20. The quantitative estimate of drug-likeness (QED) is 0.785. The van der Waals surface area contributed by atoms with Gasteiger partial charge >= 0.3 is 0 Å². The molecule has 1 unspecified atom stereocenters. The van der Waals surface area contributed by atoms with Gasteiger partial charge in [0.2, 0.25) is 0 Å². The predicted molar refractivity (Wildman–Crippen MR) is 66.6 cm³/mol. The zero-order valence-corrected chi connectivity index (χ0v) is 10.3. The Hall–Kier alpha value is -0.830. The molecule has 1 atom stereocenters. The van der Waals surface area contributed by atoms with Gasteiger partial charge in [0, 0.05) is 11.7 Å². The van der Waals surface area contributed by atoms with Crippen LogP contribution < -0.4 is 5.32 Å². The van der Waals surface area contributed by atoms with Gasteiger partial charge in [-0.15, -0.1) is 6.58 Å². The summed E-state index contributed by atoms with van der Waals surface area (Å²) in [5.74, 6) is -0.237. The topological polar surface area (TPSA) is 12.0 Å². The van der Waals surface area contributed by atoms with Crippen LogP contribution in [0.15, 0.2) is 35.3 Å². The van der Waals surface area contributed by atoms with E-state index in [1.807, 2.05) is 6.08 Å². The lowest BCUT2D eigenvalue weighted by molar-refractivity contribution is 0.621. The molecule has 3 heteroatoms. The van der Waals surface area contributed by atoms with Gasteiger partial charge in [-0.2, -0.15) is 0 Å². The zero-order chi connectivity index (χ0) is 11.3. The molecule has 0 fully saturated rings. The molecule has 0 aliphatic carbocycles. The number of rotatable bonds is 5. The minimum Gasteiger partial charge on any atom is -0.383 e. The Balaban J connectivity index is 2.56. The van der Waals surface area contributed by atoms with Crippen molar-refractivity contribution in [1.82, 2.24) is 0 Å². The summed E-state index contributed by atoms with van der Waals surface area (Å²) >= 11 is 3.16. The molecule has 82 valence electrons. The molecule has 0 bridgehead atoms. The van der Waals surface area contributed by atoms with Crippen LogP contribution in [-0.2, 0) is 0 Å². The monoisotopic (exact) mass is 271 g/mol. The van der Waals surface area contributed by atoms with Crippen LogP contribution in [-0.4, -0.2) is 6.04 Å². The second-order valence-electron chi connectivity index (χ2n) is 3.54. The Bertz CT molecular complexity index is 338. The van der Waals surface area contributed by atoms with E-state index in [1.165, 1.54) is 6.07 Å². The van der Waals surface area contributed by atoms with E-state index < -0.39 is 0 Å². The van der Waals surface area contributed by atoms with Crippen molar-refractivity contribution in [1.29, 1.82) is 0 Å².